The summed E-state index contributed by atoms with van der Waals surface area (Å²) in [5.41, 5.74) is 1.21. The van der Waals surface area contributed by atoms with Crippen LogP contribution in [0.4, 0.5) is 28.0 Å². The molecular weight excluding hydrogens is 528 g/mol. The average molecular weight is 549 g/mol. The number of anilines is 1. The molecule has 14 heteroatoms. The van der Waals surface area contributed by atoms with Gasteiger partial charge in [0.25, 0.3) is 12.3 Å². The van der Waals surface area contributed by atoms with E-state index in [0.29, 0.717) is 23.7 Å². The summed E-state index contributed by atoms with van der Waals surface area (Å²) in [4.78, 5) is 32.7. The number of urea groups is 1. The first kappa shape index (κ1) is 24.4. The quantitative estimate of drug-likeness (QED) is 0.443. The number of hydrogen-bond donors (Lipinski definition) is 2. The Morgan fingerprint density at radius 3 is 2.82 bits per heavy atom. The number of nitrogens with zero attached hydrogens (tertiary/aromatic N) is 4. The zero-order chi connectivity index (χ0) is 24.6. The molecule has 0 saturated heterocycles. The number of amides is 3. The number of hydroxylamine groups is 2. The number of carbonyl (C=O) groups is 2. The number of aromatic nitrogens is 2. The van der Waals surface area contributed by atoms with Crippen LogP contribution < -0.4 is 10.6 Å². The predicted octanol–water partition coefficient (Wildman–Crippen LogP) is 2.75. The lowest BCUT2D eigenvalue weighted by atomic mass is 10.1. The highest BCUT2D eigenvalue weighted by atomic mass is 79.9. The summed E-state index contributed by atoms with van der Waals surface area (Å²) in [6, 6.07) is 1.16. The number of carbonyl (C=O) groups excluding carboxylic acids is 2. The monoisotopic (exact) mass is 548 g/mol. The van der Waals surface area contributed by atoms with Gasteiger partial charge in [-0.1, -0.05) is 0 Å². The topological polar surface area (TPSA) is 91.7 Å². The molecule has 9 nitrogen and oxygen atoms in total. The summed E-state index contributed by atoms with van der Waals surface area (Å²) >= 11 is 2.96. The Hall–Kier alpha value is -2.71. The average Bonchev–Trinajstić information content (AvgIpc) is 3.07. The maximum Gasteiger partial charge on any atom is 0.322 e. The van der Waals surface area contributed by atoms with Crippen molar-refractivity contribution in [3.8, 4) is 0 Å². The Balaban J connectivity index is 1.52. The van der Waals surface area contributed by atoms with Crippen molar-refractivity contribution in [3.05, 3.63) is 45.2 Å². The third-order valence-electron chi connectivity index (χ3n) is 5.48. The van der Waals surface area contributed by atoms with Gasteiger partial charge in [0.1, 0.15) is 23.4 Å². The van der Waals surface area contributed by atoms with Crippen molar-refractivity contribution in [2.75, 3.05) is 32.0 Å². The highest BCUT2D eigenvalue weighted by Crippen LogP contribution is 2.28. The van der Waals surface area contributed by atoms with Crippen LogP contribution >= 0.6 is 15.9 Å². The van der Waals surface area contributed by atoms with Gasteiger partial charge in [-0.2, -0.15) is 5.10 Å². The van der Waals surface area contributed by atoms with Crippen LogP contribution in [0, 0.1) is 11.6 Å². The SMILES string of the molecule is CN1O[C@H](CNCC(F)F)Cn2nc3c(c2C1=O)CN(C(=O)Nc1cc(Br)c(F)cc1F)CC3. The maximum absolute atomic E-state index is 14.1. The minimum atomic E-state index is -2.51. The molecule has 0 bridgehead atoms. The molecule has 1 atom stereocenters. The van der Waals surface area contributed by atoms with Crippen LogP contribution in [-0.2, 0) is 24.3 Å². The van der Waals surface area contributed by atoms with Crippen molar-refractivity contribution in [3.63, 3.8) is 0 Å². The number of rotatable bonds is 5. The highest BCUT2D eigenvalue weighted by molar-refractivity contribution is 9.10. The van der Waals surface area contributed by atoms with Gasteiger partial charge in [-0.05, 0) is 22.0 Å². The van der Waals surface area contributed by atoms with Crippen molar-refractivity contribution >= 4 is 33.6 Å². The predicted molar refractivity (Wildman–Crippen MR) is 115 cm³/mol. The summed E-state index contributed by atoms with van der Waals surface area (Å²) in [6.07, 6.45) is -2.78. The van der Waals surface area contributed by atoms with Gasteiger partial charge in [0.15, 0.2) is 0 Å². The largest absolute Gasteiger partial charge is 0.322 e. The van der Waals surface area contributed by atoms with Crippen LogP contribution in [0.15, 0.2) is 16.6 Å². The molecule has 4 rings (SSSR count). The third kappa shape index (κ3) is 5.03. The summed E-state index contributed by atoms with van der Waals surface area (Å²) in [7, 11) is 1.42. The molecule has 3 amide bonds. The van der Waals surface area contributed by atoms with E-state index in [1.165, 1.54) is 16.6 Å². The molecule has 34 heavy (non-hydrogen) atoms. The molecule has 1 aromatic carbocycles. The number of hydrogen-bond acceptors (Lipinski definition) is 5. The van der Waals surface area contributed by atoms with E-state index >= 15 is 0 Å². The molecule has 2 aliphatic rings. The van der Waals surface area contributed by atoms with Crippen molar-refractivity contribution < 1.29 is 32.0 Å². The zero-order valence-corrected chi connectivity index (χ0v) is 19.5. The second kappa shape index (κ2) is 9.88. The van der Waals surface area contributed by atoms with Gasteiger partial charge in [0.2, 0.25) is 0 Å². The van der Waals surface area contributed by atoms with Crippen LogP contribution in [0.25, 0.3) is 0 Å². The van der Waals surface area contributed by atoms with Gasteiger partial charge in [0, 0.05) is 38.2 Å². The number of benzene rings is 1. The van der Waals surface area contributed by atoms with Crippen molar-refractivity contribution in [2.24, 2.45) is 0 Å². The molecule has 1 aromatic heterocycles. The molecule has 2 aromatic rings. The summed E-state index contributed by atoms with van der Waals surface area (Å²) in [5.74, 6) is -2.21. The lowest BCUT2D eigenvalue weighted by Gasteiger charge is -2.27. The second-order valence-corrected chi connectivity index (χ2v) is 8.74. The first-order valence-electron chi connectivity index (χ1n) is 10.4. The van der Waals surface area contributed by atoms with Gasteiger partial charge in [-0.3, -0.25) is 14.3 Å². The van der Waals surface area contributed by atoms with E-state index in [1.54, 1.807) is 0 Å². The lowest BCUT2D eigenvalue weighted by Crippen LogP contribution is -2.40. The Morgan fingerprint density at radius 2 is 2.09 bits per heavy atom. The highest BCUT2D eigenvalue weighted by Gasteiger charge is 2.35. The smallest absolute Gasteiger partial charge is 0.320 e. The van der Waals surface area contributed by atoms with E-state index in [9.17, 15) is 27.2 Å². The minimum Gasteiger partial charge on any atom is -0.320 e. The van der Waals surface area contributed by atoms with Gasteiger partial charge in [0.05, 0.1) is 35.5 Å². The number of halogens is 5. The molecular formula is C20H21BrF4N6O3. The van der Waals surface area contributed by atoms with Gasteiger partial charge < -0.3 is 15.5 Å². The normalized spacial score (nSPS) is 18.1. The molecule has 0 fully saturated rings. The fraction of sp³-hybridized carbons (Fsp3) is 0.450. The summed E-state index contributed by atoms with van der Waals surface area (Å²) in [5, 5.41) is 10.5. The minimum absolute atomic E-state index is 0.00156. The number of fused-ring (bicyclic) bond motifs is 3. The van der Waals surface area contributed by atoms with Crippen LogP contribution in [0.3, 0.4) is 0 Å². The van der Waals surface area contributed by atoms with Crippen LogP contribution in [-0.4, -0.2) is 70.9 Å². The first-order valence-corrected chi connectivity index (χ1v) is 11.2. The summed E-state index contributed by atoms with van der Waals surface area (Å²) < 4.78 is 53.9. The summed E-state index contributed by atoms with van der Waals surface area (Å²) in [6.45, 7) is 0.0255. The molecule has 0 spiro atoms. The first-order chi connectivity index (χ1) is 16.1. The number of nitrogens with one attached hydrogen (secondary N) is 2. The Bertz CT molecular complexity index is 1110. The standard InChI is InChI=1S/C20H21BrF4N6O3/c1-29-19(32)18-11-9-30(20(33)27-16-4-12(21)13(22)5-14(16)23)3-2-15(11)28-31(18)8-10(34-29)6-26-7-17(24)25/h4-5,10,17,26H,2-3,6-9H2,1H3,(H,27,33)/t10-/m1/s1. The van der Waals surface area contributed by atoms with E-state index in [0.717, 1.165) is 11.1 Å². The molecule has 0 unspecified atom stereocenters. The Morgan fingerprint density at radius 1 is 1.32 bits per heavy atom. The maximum atomic E-state index is 14.1. The van der Waals surface area contributed by atoms with Crippen LogP contribution in [0.2, 0.25) is 0 Å². The van der Waals surface area contributed by atoms with Gasteiger partial charge in [-0.25, -0.2) is 27.4 Å². The molecule has 0 saturated carbocycles. The van der Waals surface area contributed by atoms with Crippen molar-refractivity contribution in [1.29, 1.82) is 0 Å². The Kier molecular flexibility index (Phi) is 7.09. The zero-order valence-electron chi connectivity index (χ0n) is 18.0. The second-order valence-electron chi connectivity index (χ2n) is 7.88. The molecule has 3 heterocycles. The van der Waals surface area contributed by atoms with Gasteiger partial charge >= 0.3 is 6.03 Å². The third-order valence-corrected chi connectivity index (χ3v) is 6.09. The lowest BCUT2D eigenvalue weighted by molar-refractivity contribution is -0.146. The van der Waals surface area contributed by atoms with Crippen LogP contribution in [0.1, 0.15) is 21.7 Å². The fourth-order valence-corrected chi connectivity index (χ4v) is 4.23. The van der Waals surface area contributed by atoms with E-state index in [1.807, 2.05) is 0 Å². The fourth-order valence-electron chi connectivity index (χ4n) is 3.89. The van der Waals surface area contributed by atoms with E-state index in [2.05, 4.69) is 31.7 Å². The van der Waals surface area contributed by atoms with Crippen LogP contribution in [0.5, 0.6) is 0 Å². The van der Waals surface area contributed by atoms with E-state index in [4.69, 9.17) is 4.84 Å². The van der Waals surface area contributed by atoms with Crippen molar-refractivity contribution in [1.82, 2.24) is 25.1 Å². The van der Waals surface area contributed by atoms with E-state index < -0.39 is 42.6 Å². The van der Waals surface area contributed by atoms with Crippen molar-refractivity contribution in [2.45, 2.75) is 32.0 Å². The van der Waals surface area contributed by atoms with E-state index in [-0.39, 0.29) is 42.0 Å². The molecule has 0 radical (unpaired) electrons. The molecule has 184 valence electrons. The molecule has 2 N–H and O–H groups in total. The van der Waals surface area contributed by atoms with Gasteiger partial charge in [-0.15, -0.1) is 0 Å². The molecule has 2 aliphatic heterocycles. The molecule has 0 aliphatic carbocycles. The number of alkyl halides is 2. The Labute approximate surface area is 200 Å².